The van der Waals surface area contributed by atoms with E-state index >= 15 is 0 Å². The van der Waals surface area contributed by atoms with E-state index in [2.05, 4.69) is 0 Å². The van der Waals surface area contributed by atoms with Gasteiger partial charge in [0.05, 0.1) is 0 Å². The van der Waals surface area contributed by atoms with Crippen LogP contribution < -0.4 is 11.5 Å². The first-order valence-corrected chi connectivity index (χ1v) is 6.19. The van der Waals surface area contributed by atoms with Crippen molar-refractivity contribution in [1.29, 1.82) is 0 Å². The van der Waals surface area contributed by atoms with Crippen LogP contribution in [0.2, 0.25) is 0 Å². The van der Waals surface area contributed by atoms with Gasteiger partial charge in [0.15, 0.2) is 0 Å². The van der Waals surface area contributed by atoms with Gasteiger partial charge in [0, 0.05) is 0 Å². The summed E-state index contributed by atoms with van der Waals surface area (Å²) in [5, 5.41) is 8.66. The normalized spacial score (nSPS) is 36.7. The molecular weight excluding hydrogens is 339 g/mol. The first-order valence-electron chi connectivity index (χ1n) is 3.92. The predicted molar refractivity (Wildman–Crippen MR) is 41.4 cm³/mol. The molecule has 74 valence electrons. The number of nitrogens with two attached hydrogens (primary N) is 2. The van der Waals surface area contributed by atoms with Crippen LogP contribution >= 0.6 is 0 Å². The van der Waals surface area contributed by atoms with E-state index in [0.717, 1.165) is 25.7 Å². The van der Waals surface area contributed by atoms with Gasteiger partial charge in [-0.3, -0.25) is 0 Å². The van der Waals surface area contributed by atoms with Gasteiger partial charge in [-0.1, -0.05) is 0 Å². The van der Waals surface area contributed by atoms with Crippen molar-refractivity contribution < 1.29 is 28.5 Å². The first-order chi connectivity index (χ1) is 5.54. The molecule has 1 rings (SSSR count). The Morgan fingerprint density at radius 2 is 2.25 bits per heavy atom. The van der Waals surface area contributed by atoms with Gasteiger partial charge in [-0.15, -0.1) is 0 Å². The Balaban J connectivity index is 2.59. The SMILES string of the molecule is NC1CCCC[C]1(N)[Pt][C](=O)O. The monoisotopic (exact) mass is 353 g/mol. The van der Waals surface area contributed by atoms with Gasteiger partial charge in [-0.2, -0.15) is 0 Å². The molecule has 5 N–H and O–H groups in total. The fraction of sp³-hybridized carbons (Fsp3) is 0.857. The van der Waals surface area contributed by atoms with Crippen molar-refractivity contribution in [1.82, 2.24) is 0 Å². The van der Waals surface area contributed by atoms with E-state index in [0.29, 0.717) is 0 Å². The molecule has 0 aromatic rings. The number of carbonyl (C=O) groups is 1. The van der Waals surface area contributed by atoms with Crippen molar-refractivity contribution in [2.45, 2.75) is 35.7 Å². The molecule has 0 heterocycles. The topological polar surface area (TPSA) is 89.3 Å². The van der Waals surface area contributed by atoms with Crippen LogP contribution in [0.15, 0.2) is 0 Å². The van der Waals surface area contributed by atoms with E-state index in [9.17, 15) is 4.79 Å². The quantitative estimate of drug-likeness (QED) is 0.666. The van der Waals surface area contributed by atoms with Crippen molar-refractivity contribution in [3.8, 4) is 0 Å². The minimum absolute atomic E-state index is 0.101. The number of rotatable bonds is 2. The average Bonchev–Trinajstić information content (AvgIpc) is 1.94. The molecule has 0 saturated heterocycles. The molecule has 0 aliphatic heterocycles. The van der Waals surface area contributed by atoms with E-state index in [1.54, 1.807) is 0 Å². The molecule has 5 heteroatoms. The van der Waals surface area contributed by atoms with Crippen LogP contribution in [0.4, 0.5) is 4.79 Å². The van der Waals surface area contributed by atoms with E-state index in [4.69, 9.17) is 16.6 Å². The Morgan fingerprint density at radius 1 is 1.58 bits per heavy atom. The van der Waals surface area contributed by atoms with E-state index < -0.39 is 26.8 Å². The van der Waals surface area contributed by atoms with Crippen molar-refractivity contribution in [3.63, 3.8) is 0 Å². The van der Waals surface area contributed by atoms with Crippen molar-refractivity contribution >= 4 is 4.36 Å². The van der Waals surface area contributed by atoms with E-state index in [1.165, 1.54) is 0 Å². The maximum absolute atomic E-state index is 10.5. The van der Waals surface area contributed by atoms with Crippen molar-refractivity contribution in [2.75, 3.05) is 0 Å². The molecule has 2 unspecified atom stereocenters. The molecular formula is C7H14N2O2Pt. The summed E-state index contributed by atoms with van der Waals surface area (Å²) < 4.78 is -1.29. The number of hydrogen-bond donors (Lipinski definition) is 3. The van der Waals surface area contributed by atoms with Gasteiger partial charge < -0.3 is 0 Å². The Kier molecular flexibility index (Phi) is 3.27. The second-order valence-electron chi connectivity index (χ2n) is 3.03. The molecule has 1 saturated carbocycles. The molecule has 0 amide bonds. The third-order valence-electron chi connectivity index (χ3n) is 2.12. The van der Waals surface area contributed by atoms with Crippen molar-refractivity contribution in [2.24, 2.45) is 11.5 Å². The molecule has 0 spiro atoms. The number of carboxylic acid groups (broad SMARTS) is 1. The molecule has 4 nitrogen and oxygen atoms in total. The fourth-order valence-corrected chi connectivity index (χ4v) is 3.73. The Labute approximate surface area is 80.2 Å². The van der Waals surface area contributed by atoms with Crippen LogP contribution in [0.1, 0.15) is 25.7 Å². The summed E-state index contributed by atoms with van der Waals surface area (Å²) in [5.41, 5.74) is 11.7. The second-order valence-corrected chi connectivity index (χ2v) is 6.68. The molecule has 12 heavy (non-hydrogen) atoms. The Bertz CT molecular complexity index is 188. The standard InChI is InChI=1S/C6H13N2.CHO2.Pt/c7-5-3-1-2-4-6(5)8;2-1-3;/h5H,1-4,7-8H2;(H,2,3);. The van der Waals surface area contributed by atoms with Crippen LogP contribution in [0.3, 0.4) is 0 Å². The molecule has 0 radical (unpaired) electrons. The van der Waals surface area contributed by atoms with Crippen LogP contribution in [0.5, 0.6) is 0 Å². The molecule has 1 fully saturated rings. The van der Waals surface area contributed by atoms with Gasteiger partial charge in [0.1, 0.15) is 0 Å². The van der Waals surface area contributed by atoms with E-state index in [1.807, 2.05) is 0 Å². The maximum atomic E-state index is 10.5. The van der Waals surface area contributed by atoms with Crippen LogP contribution in [-0.2, 0) is 18.6 Å². The van der Waals surface area contributed by atoms with Crippen molar-refractivity contribution in [3.05, 3.63) is 0 Å². The molecule has 2 atom stereocenters. The fourth-order valence-electron chi connectivity index (χ4n) is 1.39. The van der Waals surface area contributed by atoms with Gasteiger partial charge in [0.25, 0.3) is 0 Å². The summed E-state index contributed by atoms with van der Waals surface area (Å²) in [6.07, 6.45) is 3.78. The summed E-state index contributed by atoms with van der Waals surface area (Å²) in [7, 11) is 0. The molecule has 0 aromatic heterocycles. The van der Waals surface area contributed by atoms with Crippen LogP contribution in [-0.4, -0.2) is 19.4 Å². The minimum atomic E-state index is -1.02. The first kappa shape index (κ1) is 10.2. The van der Waals surface area contributed by atoms with Gasteiger partial charge in [-0.25, -0.2) is 0 Å². The van der Waals surface area contributed by atoms with Crippen LogP contribution in [0.25, 0.3) is 0 Å². The zero-order chi connectivity index (χ0) is 9.19. The Morgan fingerprint density at radius 3 is 2.75 bits per heavy atom. The summed E-state index contributed by atoms with van der Waals surface area (Å²) in [5.74, 6) is 0. The summed E-state index contributed by atoms with van der Waals surface area (Å²) in [4.78, 5) is 10.5. The summed E-state index contributed by atoms with van der Waals surface area (Å²) in [6, 6.07) is -0.101. The predicted octanol–water partition coefficient (Wildman–Crippen LogP) is 0.303. The summed E-state index contributed by atoms with van der Waals surface area (Å²) in [6.45, 7) is 0. The van der Waals surface area contributed by atoms with Crippen LogP contribution in [0, 0.1) is 0 Å². The van der Waals surface area contributed by atoms with Gasteiger partial charge >= 0.3 is 79.9 Å². The number of hydrogen-bond acceptors (Lipinski definition) is 3. The zero-order valence-electron chi connectivity index (χ0n) is 6.73. The Hall–Kier alpha value is 0.0783. The molecule has 1 aliphatic rings. The molecule has 0 aromatic carbocycles. The second kappa shape index (κ2) is 3.86. The molecule has 0 bridgehead atoms. The third-order valence-corrected chi connectivity index (χ3v) is 5.07. The zero-order valence-corrected chi connectivity index (χ0v) is 9.00. The average molecular weight is 353 g/mol. The molecule has 1 aliphatic carbocycles. The summed E-state index contributed by atoms with van der Waals surface area (Å²) >= 11 is -1.02. The van der Waals surface area contributed by atoms with E-state index in [-0.39, 0.29) is 6.04 Å². The van der Waals surface area contributed by atoms with Gasteiger partial charge in [0.2, 0.25) is 0 Å². The van der Waals surface area contributed by atoms with Gasteiger partial charge in [-0.05, 0) is 0 Å². The third kappa shape index (κ3) is 2.28.